The molecule has 0 aromatic carbocycles. The van der Waals surface area contributed by atoms with E-state index in [2.05, 4.69) is 41.3 Å². The van der Waals surface area contributed by atoms with Gasteiger partial charge in [0.25, 0.3) is 5.91 Å². The summed E-state index contributed by atoms with van der Waals surface area (Å²) < 4.78 is 0. The second-order valence-electron chi connectivity index (χ2n) is 5.19. The molecule has 0 aliphatic carbocycles. The molecule has 1 atom stereocenters. The fourth-order valence-electron chi connectivity index (χ4n) is 2.07. The van der Waals surface area contributed by atoms with E-state index in [-0.39, 0.29) is 5.91 Å². The van der Waals surface area contributed by atoms with Gasteiger partial charge in [0, 0.05) is 6.42 Å². The highest BCUT2D eigenvalue weighted by Gasteiger charge is 2.35. The van der Waals surface area contributed by atoms with Gasteiger partial charge in [0.15, 0.2) is 6.04 Å². The number of carbonyl (C=O) groups excluding carboxylic acids is 1. The first-order valence-electron chi connectivity index (χ1n) is 6.64. The zero-order valence-electron chi connectivity index (χ0n) is 11.2. The molecule has 18 heavy (non-hydrogen) atoms. The third-order valence-electron chi connectivity index (χ3n) is 2.99. The maximum Gasteiger partial charge on any atom is 0.277 e. The molecule has 0 aromatic rings. The van der Waals surface area contributed by atoms with E-state index in [1.165, 1.54) is 0 Å². The molecule has 1 unspecified atom stereocenters. The highest BCUT2D eigenvalue weighted by atomic mass is 16.2. The van der Waals surface area contributed by atoms with Crippen LogP contribution in [0.1, 0.15) is 46.5 Å². The molecule has 2 aliphatic rings. The second kappa shape index (κ2) is 5.42. The number of hydrogen-bond acceptors (Lipinski definition) is 4. The summed E-state index contributed by atoms with van der Waals surface area (Å²) in [5.74, 6) is 0.933. The van der Waals surface area contributed by atoms with Crippen LogP contribution in [0, 0.1) is 5.92 Å². The molecule has 0 spiro atoms. The number of nitrogens with zero attached hydrogens (tertiary/aromatic N) is 3. The number of hydrogen-bond donors (Lipinski definition) is 1. The van der Waals surface area contributed by atoms with Gasteiger partial charge in [-0.25, -0.2) is 4.99 Å². The minimum Gasteiger partial charge on any atom is -0.291 e. The van der Waals surface area contributed by atoms with Gasteiger partial charge < -0.3 is 0 Å². The highest BCUT2D eigenvalue weighted by molar-refractivity contribution is 6.51. The maximum atomic E-state index is 11.9. The summed E-state index contributed by atoms with van der Waals surface area (Å²) in [7, 11) is 0. The molecular weight excluding hydrogens is 228 g/mol. The van der Waals surface area contributed by atoms with Crippen LogP contribution in [0.25, 0.3) is 0 Å². The van der Waals surface area contributed by atoms with Crippen molar-refractivity contribution in [3.63, 3.8) is 0 Å². The summed E-state index contributed by atoms with van der Waals surface area (Å²) >= 11 is 0. The van der Waals surface area contributed by atoms with Crippen molar-refractivity contribution in [3.05, 3.63) is 0 Å². The molecule has 1 amide bonds. The highest BCUT2D eigenvalue weighted by Crippen LogP contribution is 2.16. The van der Waals surface area contributed by atoms with Crippen molar-refractivity contribution < 1.29 is 4.79 Å². The van der Waals surface area contributed by atoms with Crippen molar-refractivity contribution in [2.45, 2.75) is 52.5 Å². The lowest BCUT2D eigenvalue weighted by molar-refractivity contribution is -0.118. The summed E-state index contributed by atoms with van der Waals surface area (Å²) in [5.41, 5.74) is 4.56. The lowest BCUT2D eigenvalue weighted by Crippen LogP contribution is -2.40. The zero-order valence-corrected chi connectivity index (χ0v) is 11.2. The summed E-state index contributed by atoms with van der Waals surface area (Å²) in [4.78, 5) is 20.4. The van der Waals surface area contributed by atoms with Crippen LogP contribution in [0.5, 0.6) is 0 Å². The summed E-state index contributed by atoms with van der Waals surface area (Å²) in [6.07, 6.45) is 3.79. The summed E-state index contributed by atoms with van der Waals surface area (Å²) in [5, 5.41) is 4.22. The Kier molecular flexibility index (Phi) is 3.89. The first-order valence-corrected chi connectivity index (χ1v) is 6.64. The van der Waals surface area contributed by atoms with E-state index < -0.39 is 6.04 Å². The van der Waals surface area contributed by atoms with Crippen LogP contribution in [0.2, 0.25) is 0 Å². The van der Waals surface area contributed by atoms with Crippen molar-refractivity contribution in [1.82, 2.24) is 5.43 Å². The van der Waals surface area contributed by atoms with Gasteiger partial charge >= 0.3 is 0 Å². The van der Waals surface area contributed by atoms with Crippen LogP contribution in [-0.2, 0) is 4.79 Å². The standard InChI is InChI=1S/C13H20N4O/c1-4-5-6-9-11-12(17-16-9)13(18)15-10(14-11)7-8(2)3/h8,12,17H,4-7H2,1-3H3. The van der Waals surface area contributed by atoms with Crippen molar-refractivity contribution in [3.8, 4) is 0 Å². The molecule has 2 heterocycles. The van der Waals surface area contributed by atoms with Crippen LogP contribution in [0.4, 0.5) is 0 Å². The number of fused-ring (bicyclic) bond motifs is 1. The lowest BCUT2D eigenvalue weighted by Gasteiger charge is -2.15. The van der Waals surface area contributed by atoms with Gasteiger partial charge in [-0.1, -0.05) is 27.2 Å². The number of amides is 1. The first kappa shape index (κ1) is 12.9. The van der Waals surface area contributed by atoms with E-state index >= 15 is 0 Å². The Labute approximate surface area is 107 Å². The molecule has 5 heteroatoms. The Bertz CT molecular complexity index is 434. The van der Waals surface area contributed by atoms with E-state index in [4.69, 9.17) is 0 Å². The fraction of sp³-hybridized carbons (Fsp3) is 0.692. The molecule has 0 aromatic heterocycles. The zero-order chi connectivity index (χ0) is 13.1. The molecule has 2 rings (SSSR count). The third kappa shape index (κ3) is 2.66. The van der Waals surface area contributed by atoms with Crippen LogP contribution in [0.15, 0.2) is 15.1 Å². The average molecular weight is 248 g/mol. The van der Waals surface area contributed by atoms with Crippen molar-refractivity contribution >= 4 is 23.2 Å². The van der Waals surface area contributed by atoms with Gasteiger partial charge in [-0.05, 0) is 18.8 Å². The Morgan fingerprint density at radius 1 is 1.33 bits per heavy atom. The predicted molar refractivity (Wildman–Crippen MR) is 73.2 cm³/mol. The largest absolute Gasteiger partial charge is 0.291 e. The van der Waals surface area contributed by atoms with E-state index in [0.717, 1.165) is 37.1 Å². The van der Waals surface area contributed by atoms with Crippen LogP contribution in [-0.4, -0.2) is 29.2 Å². The van der Waals surface area contributed by atoms with E-state index in [1.807, 2.05) is 0 Å². The van der Waals surface area contributed by atoms with Gasteiger partial charge in [-0.3, -0.25) is 10.2 Å². The number of rotatable bonds is 5. The van der Waals surface area contributed by atoms with Crippen LogP contribution < -0.4 is 5.43 Å². The Hall–Kier alpha value is -1.52. The summed E-state index contributed by atoms with van der Waals surface area (Å²) in [6, 6.07) is -0.437. The van der Waals surface area contributed by atoms with E-state index in [0.29, 0.717) is 11.8 Å². The number of hydrazone groups is 1. The Morgan fingerprint density at radius 3 is 2.78 bits per heavy atom. The molecule has 5 nitrogen and oxygen atoms in total. The van der Waals surface area contributed by atoms with E-state index in [9.17, 15) is 4.79 Å². The number of amidine groups is 1. The molecule has 1 N–H and O–H groups in total. The smallest absolute Gasteiger partial charge is 0.277 e. The van der Waals surface area contributed by atoms with Gasteiger partial charge in [-0.2, -0.15) is 10.1 Å². The Morgan fingerprint density at radius 2 is 2.11 bits per heavy atom. The topological polar surface area (TPSA) is 66.2 Å². The van der Waals surface area contributed by atoms with Crippen LogP contribution in [0.3, 0.4) is 0 Å². The van der Waals surface area contributed by atoms with Gasteiger partial charge in [0.1, 0.15) is 5.84 Å². The monoisotopic (exact) mass is 248 g/mol. The summed E-state index contributed by atoms with van der Waals surface area (Å²) in [6.45, 7) is 6.33. The maximum absolute atomic E-state index is 11.9. The predicted octanol–water partition coefficient (Wildman–Crippen LogP) is 1.93. The van der Waals surface area contributed by atoms with Gasteiger partial charge in [0.2, 0.25) is 0 Å². The third-order valence-corrected chi connectivity index (χ3v) is 2.99. The number of unbranched alkanes of at least 4 members (excludes halogenated alkanes) is 1. The van der Waals surface area contributed by atoms with Crippen molar-refractivity contribution in [1.29, 1.82) is 0 Å². The van der Waals surface area contributed by atoms with Crippen molar-refractivity contribution in [2.24, 2.45) is 21.0 Å². The second-order valence-corrected chi connectivity index (χ2v) is 5.19. The minimum atomic E-state index is -0.437. The van der Waals surface area contributed by atoms with Crippen LogP contribution >= 0.6 is 0 Å². The van der Waals surface area contributed by atoms with E-state index in [1.54, 1.807) is 0 Å². The molecule has 2 aliphatic heterocycles. The molecule has 0 saturated heterocycles. The molecule has 0 saturated carbocycles. The Balaban J connectivity index is 2.16. The van der Waals surface area contributed by atoms with Gasteiger partial charge in [0.05, 0.1) is 11.4 Å². The normalized spacial score (nSPS) is 22.3. The SMILES string of the molecule is CCCCC1=NNC2C(=O)N=C(CC(C)C)N=C12. The molecular formula is C13H20N4O. The quantitative estimate of drug-likeness (QED) is 0.807. The fourth-order valence-corrected chi connectivity index (χ4v) is 2.07. The van der Waals surface area contributed by atoms with Gasteiger partial charge in [-0.15, -0.1) is 0 Å². The molecule has 98 valence electrons. The average Bonchev–Trinajstić information content (AvgIpc) is 2.69. The molecule has 0 radical (unpaired) electrons. The number of nitrogens with one attached hydrogen (secondary N) is 1. The first-order chi connectivity index (χ1) is 8.61. The number of carbonyl (C=O) groups is 1. The molecule has 0 fully saturated rings. The minimum absolute atomic E-state index is 0.161. The lowest BCUT2D eigenvalue weighted by atomic mass is 10.0. The van der Waals surface area contributed by atoms with Crippen molar-refractivity contribution in [2.75, 3.05) is 0 Å². The number of aliphatic imine (C=N–C) groups is 2. The molecule has 0 bridgehead atoms.